The number of aliphatic carboxylic acids is 1. The number of Topliss-reactive ketones (excluding diaryl/α,β-unsaturated/α-hetero) is 1. The highest BCUT2D eigenvalue weighted by molar-refractivity contribution is 8.00. The monoisotopic (exact) mass is 271 g/mol. The molecule has 0 unspecified atom stereocenters. The number of hydrogen-bond acceptors (Lipinski definition) is 6. The Bertz CT molecular complexity index is 295. The largest absolute Gasteiger partial charge is 0.475 e. The van der Waals surface area contributed by atoms with Crippen LogP contribution >= 0.6 is 11.8 Å². The molecular formula is C11H17N3O3S. The van der Waals surface area contributed by atoms with E-state index in [9.17, 15) is 9.59 Å². The fourth-order valence-electron chi connectivity index (χ4n) is 0.256. The van der Waals surface area contributed by atoms with Gasteiger partial charge in [-0.3, -0.25) is 4.79 Å². The van der Waals surface area contributed by atoms with Gasteiger partial charge in [-0.25, -0.2) is 4.79 Å². The van der Waals surface area contributed by atoms with Gasteiger partial charge in [-0.2, -0.15) is 27.5 Å². The summed E-state index contributed by atoms with van der Waals surface area (Å²) < 4.78 is 0. The molecule has 0 spiro atoms. The van der Waals surface area contributed by atoms with E-state index in [0.29, 0.717) is 0 Å². The molecule has 0 aliphatic heterocycles. The van der Waals surface area contributed by atoms with Gasteiger partial charge in [-0.15, -0.1) is 0 Å². The Hall–Kier alpha value is -2.04. The van der Waals surface area contributed by atoms with Crippen LogP contribution < -0.4 is 0 Å². The molecule has 1 N–H and O–H groups in total. The van der Waals surface area contributed by atoms with E-state index in [1.165, 1.54) is 32.5 Å². The van der Waals surface area contributed by atoms with Crippen molar-refractivity contribution in [2.24, 2.45) is 0 Å². The molecule has 0 saturated carbocycles. The molecule has 100 valence electrons. The van der Waals surface area contributed by atoms with Crippen molar-refractivity contribution >= 4 is 23.5 Å². The zero-order valence-corrected chi connectivity index (χ0v) is 11.7. The van der Waals surface area contributed by atoms with Crippen LogP contribution in [0.25, 0.3) is 0 Å². The number of rotatable bonds is 4. The molecule has 6 nitrogen and oxygen atoms in total. The van der Waals surface area contributed by atoms with Crippen molar-refractivity contribution in [2.75, 3.05) is 11.5 Å². The average molecular weight is 271 g/mol. The van der Waals surface area contributed by atoms with Gasteiger partial charge < -0.3 is 5.11 Å². The molecule has 18 heavy (non-hydrogen) atoms. The van der Waals surface area contributed by atoms with E-state index in [-0.39, 0.29) is 5.75 Å². The van der Waals surface area contributed by atoms with Crippen molar-refractivity contribution < 1.29 is 14.7 Å². The smallest absolute Gasteiger partial charge is 0.373 e. The predicted octanol–water partition coefficient (Wildman–Crippen LogP) is 1.98. The van der Waals surface area contributed by atoms with E-state index >= 15 is 0 Å². The first-order valence-electron chi connectivity index (χ1n) is 4.69. The van der Waals surface area contributed by atoms with Gasteiger partial charge in [-0.1, -0.05) is 6.92 Å². The lowest BCUT2D eigenvalue weighted by Crippen LogP contribution is -2.14. The molecular weight excluding hydrogens is 254 g/mol. The van der Waals surface area contributed by atoms with Crippen LogP contribution in [0.5, 0.6) is 0 Å². The number of hydrogen-bond donors (Lipinski definition) is 1. The molecule has 0 aliphatic rings. The standard InChI is InChI=1S/C5H8O3S.3C2H3N/c1-2-9-3-4(6)5(7)8;3*1-2-3/h2-3H2,1H3,(H,7,8);3*1H3. The van der Waals surface area contributed by atoms with Gasteiger partial charge in [0.05, 0.1) is 24.0 Å². The molecule has 0 radical (unpaired) electrons. The lowest BCUT2D eigenvalue weighted by atomic mass is 10.5. The van der Waals surface area contributed by atoms with E-state index < -0.39 is 11.8 Å². The fraction of sp³-hybridized carbons (Fsp3) is 0.545. The second kappa shape index (κ2) is 29.4. The minimum absolute atomic E-state index is 0.0891. The zero-order chi connectivity index (χ0) is 15.4. The molecule has 7 heteroatoms. The first-order chi connectivity index (χ1) is 8.42. The summed E-state index contributed by atoms with van der Waals surface area (Å²) in [5, 5.41) is 30.0. The van der Waals surface area contributed by atoms with Gasteiger partial charge in [0, 0.05) is 20.8 Å². The molecule has 0 bridgehead atoms. The van der Waals surface area contributed by atoms with Crippen LogP contribution in [0.1, 0.15) is 27.7 Å². The third-order valence-electron chi connectivity index (χ3n) is 0.676. The van der Waals surface area contributed by atoms with Gasteiger partial charge >= 0.3 is 5.97 Å². The highest BCUT2D eigenvalue weighted by atomic mass is 32.2. The average Bonchev–Trinajstić information content (AvgIpc) is 2.29. The van der Waals surface area contributed by atoms with Crippen LogP contribution in [0.2, 0.25) is 0 Å². The summed E-state index contributed by atoms with van der Waals surface area (Å²) in [5.41, 5.74) is 0. The van der Waals surface area contributed by atoms with Gasteiger partial charge in [0.15, 0.2) is 0 Å². The summed E-state index contributed by atoms with van der Waals surface area (Å²) >= 11 is 1.31. The molecule has 0 aromatic heterocycles. The molecule has 0 aliphatic carbocycles. The highest BCUT2D eigenvalue weighted by Crippen LogP contribution is 1.97. The van der Waals surface area contributed by atoms with Gasteiger partial charge in [-0.05, 0) is 5.75 Å². The van der Waals surface area contributed by atoms with Crippen molar-refractivity contribution in [1.29, 1.82) is 15.8 Å². The minimum atomic E-state index is -1.34. The Morgan fingerprint density at radius 3 is 1.50 bits per heavy atom. The second-order valence-corrected chi connectivity index (χ2v) is 3.31. The lowest BCUT2D eigenvalue weighted by molar-refractivity contribution is -0.147. The number of nitriles is 3. The third kappa shape index (κ3) is 66.0. The Morgan fingerprint density at radius 2 is 1.33 bits per heavy atom. The van der Waals surface area contributed by atoms with Crippen LogP contribution in [0.3, 0.4) is 0 Å². The van der Waals surface area contributed by atoms with Crippen molar-refractivity contribution in [1.82, 2.24) is 0 Å². The van der Waals surface area contributed by atoms with E-state index in [2.05, 4.69) is 0 Å². The summed E-state index contributed by atoms with van der Waals surface area (Å²) in [6, 6.07) is 5.25. The number of carbonyl (C=O) groups excluding carboxylic acids is 1. The molecule has 0 aromatic rings. The zero-order valence-electron chi connectivity index (χ0n) is 10.9. The van der Waals surface area contributed by atoms with Crippen molar-refractivity contribution in [3.05, 3.63) is 0 Å². The van der Waals surface area contributed by atoms with Crippen molar-refractivity contribution in [2.45, 2.75) is 27.7 Å². The molecule has 0 aromatic carbocycles. The third-order valence-corrected chi connectivity index (χ3v) is 1.55. The first kappa shape index (κ1) is 25.0. The molecule has 0 rings (SSSR count). The highest BCUT2D eigenvalue weighted by Gasteiger charge is 2.09. The van der Waals surface area contributed by atoms with Crippen LogP contribution in [0, 0.1) is 34.0 Å². The number of carbonyl (C=O) groups is 2. The molecule has 0 amide bonds. The fourth-order valence-corrected chi connectivity index (χ4v) is 0.769. The maximum atomic E-state index is 10.3. The van der Waals surface area contributed by atoms with Gasteiger partial charge in [0.1, 0.15) is 0 Å². The van der Waals surface area contributed by atoms with E-state index in [1.54, 1.807) is 18.2 Å². The normalized spacial score (nSPS) is 5.83. The lowest BCUT2D eigenvalue weighted by Gasteiger charge is -1.90. The Balaban J connectivity index is -0.0000000902. The number of carboxylic acid groups (broad SMARTS) is 1. The minimum Gasteiger partial charge on any atom is -0.475 e. The quantitative estimate of drug-likeness (QED) is 0.774. The number of ketones is 1. The molecule has 0 heterocycles. The number of thioether (sulfide) groups is 1. The number of carboxylic acids is 1. The van der Waals surface area contributed by atoms with Crippen LogP contribution in [-0.4, -0.2) is 28.4 Å². The van der Waals surface area contributed by atoms with E-state index in [1.807, 2.05) is 6.92 Å². The molecule has 0 fully saturated rings. The van der Waals surface area contributed by atoms with Crippen LogP contribution in [-0.2, 0) is 9.59 Å². The summed E-state index contributed by atoms with van der Waals surface area (Å²) in [4.78, 5) is 20.1. The summed E-state index contributed by atoms with van der Waals surface area (Å²) in [7, 11) is 0. The summed E-state index contributed by atoms with van der Waals surface area (Å²) in [5.74, 6) is -1.19. The Labute approximate surface area is 112 Å². The predicted molar refractivity (Wildman–Crippen MR) is 69.5 cm³/mol. The summed E-state index contributed by atoms with van der Waals surface area (Å²) in [6.45, 7) is 6.17. The molecule has 0 atom stereocenters. The SMILES string of the molecule is CC#N.CC#N.CC#N.CCSCC(=O)C(=O)O. The van der Waals surface area contributed by atoms with Gasteiger partial charge in [0.2, 0.25) is 5.78 Å². The molecule has 0 saturated heterocycles. The maximum absolute atomic E-state index is 10.3. The van der Waals surface area contributed by atoms with Crippen LogP contribution in [0.15, 0.2) is 0 Å². The van der Waals surface area contributed by atoms with Crippen molar-refractivity contribution in [3.63, 3.8) is 0 Å². The summed E-state index contributed by atoms with van der Waals surface area (Å²) in [6.07, 6.45) is 0. The maximum Gasteiger partial charge on any atom is 0.373 e. The van der Waals surface area contributed by atoms with E-state index in [0.717, 1.165) is 5.75 Å². The van der Waals surface area contributed by atoms with Crippen molar-refractivity contribution in [3.8, 4) is 18.2 Å². The van der Waals surface area contributed by atoms with Crippen LogP contribution in [0.4, 0.5) is 0 Å². The van der Waals surface area contributed by atoms with E-state index in [4.69, 9.17) is 20.9 Å². The Kier molecular flexibility index (Phi) is 40.8. The topological polar surface area (TPSA) is 126 Å². The number of nitrogens with zero attached hydrogens (tertiary/aromatic N) is 3. The Morgan fingerprint density at radius 1 is 1.06 bits per heavy atom. The first-order valence-corrected chi connectivity index (χ1v) is 5.85. The van der Waals surface area contributed by atoms with Gasteiger partial charge in [0.25, 0.3) is 0 Å². The second-order valence-electron chi connectivity index (χ2n) is 2.04.